The largest absolute Gasteiger partial charge is 0.467 e. The molecule has 7 nitrogen and oxygen atoms in total. The van der Waals surface area contributed by atoms with Crippen LogP contribution in [-0.4, -0.2) is 30.6 Å². The molecule has 1 heterocycles. The summed E-state index contributed by atoms with van der Waals surface area (Å²) >= 11 is 0. The van der Waals surface area contributed by atoms with E-state index in [1.807, 2.05) is 11.0 Å². The van der Waals surface area contributed by atoms with Crippen molar-refractivity contribution in [1.29, 1.82) is 5.26 Å². The highest BCUT2D eigenvalue weighted by molar-refractivity contribution is 5.80. The fourth-order valence-electron chi connectivity index (χ4n) is 2.57. The van der Waals surface area contributed by atoms with Crippen LogP contribution in [0.3, 0.4) is 0 Å². The minimum absolute atomic E-state index is 0.00770. The zero-order valence-corrected chi connectivity index (χ0v) is 11.6. The fraction of sp³-hybridized carbons (Fsp3) is 0.429. The Morgan fingerprint density at radius 2 is 2.29 bits per heavy atom. The molecule has 21 heavy (non-hydrogen) atoms. The quantitative estimate of drug-likeness (QED) is 0.479. The predicted octanol–water partition coefficient (Wildman–Crippen LogP) is 2.00. The zero-order chi connectivity index (χ0) is 15.4. The Morgan fingerprint density at radius 1 is 1.52 bits per heavy atom. The first-order valence-electron chi connectivity index (χ1n) is 6.61. The van der Waals surface area contributed by atoms with Crippen molar-refractivity contribution in [3.8, 4) is 6.07 Å². The normalized spacial score (nSPS) is 17.9. The molecule has 7 heteroatoms. The summed E-state index contributed by atoms with van der Waals surface area (Å²) in [4.78, 5) is 24.0. The van der Waals surface area contributed by atoms with Crippen molar-refractivity contribution in [3.05, 3.63) is 33.9 Å². The van der Waals surface area contributed by atoms with Gasteiger partial charge in [-0.1, -0.05) is 0 Å². The van der Waals surface area contributed by atoms with E-state index in [4.69, 9.17) is 10.00 Å². The van der Waals surface area contributed by atoms with Gasteiger partial charge in [0.1, 0.15) is 17.7 Å². The molecule has 1 saturated heterocycles. The maximum Gasteiger partial charge on any atom is 0.328 e. The maximum atomic E-state index is 11.8. The topological polar surface area (TPSA) is 96.5 Å². The summed E-state index contributed by atoms with van der Waals surface area (Å²) in [5.74, 6) is -0.327. The lowest BCUT2D eigenvalue weighted by Crippen LogP contribution is -2.45. The van der Waals surface area contributed by atoms with E-state index in [9.17, 15) is 14.9 Å². The van der Waals surface area contributed by atoms with Crippen LogP contribution in [0, 0.1) is 21.4 Å². The number of esters is 1. The van der Waals surface area contributed by atoms with E-state index in [1.165, 1.54) is 19.2 Å². The monoisotopic (exact) mass is 289 g/mol. The van der Waals surface area contributed by atoms with E-state index in [-0.39, 0.29) is 17.2 Å². The molecule has 0 radical (unpaired) electrons. The van der Waals surface area contributed by atoms with Gasteiger partial charge in [0.25, 0.3) is 5.69 Å². The molecule has 1 aliphatic heterocycles. The van der Waals surface area contributed by atoms with Crippen LogP contribution in [0.2, 0.25) is 0 Å². The van der Waals surface area contributed by atoms with Gasteiger partial charge < -0.3 is 9.64 Å². The molecule has 0 bridgehead atoms. The average molecular weight is 289 g/mol. The third-order valence-corrected chi connectivity index (χ3v) is 3.60. The number of carbonyl (C=O) groups excluding carboxylic acids is 1. The molecule has 0 aromatic heterocycles. The predicted molar refractivity (Wildman–Crippen MR) is 74.8 cm³/mol. The molecule has 2 rings (SSSR count). The van der Waals surface area contributed by atoms with Crippen LogP contribution < -0.4 is 4.90 Å². The summed E-state index contributed by atoms with van der Waals surface area (Å²) in [6.07, 6.45) is 2.52. The molecule has 1 aliphatic rings. The summed E-state index contributed by atoms with van der Waals surface area (Å²) in [6, 6.07) is 5.75. The molecule has 1 aromatic carbocycles. The van der Waals surface area contributed by atoms with Gasteiger partial charge in [-0.05, 0) is 31.4 Å². The number of nitriles is 1. The van der Waals surface area contributed by atoms with E-state index in [1.54, 1.807) is 6.07 Å². The Kier molecular flexibility index (Phi) is 4.38. The summed E-state index contributed by atoms with van der Waals surface area (Å²) < 4.78 is 4.81. The summed E-state index contributed by atoms with van der Waals surface area (Å²) in [7, 11) is 1.34. The molecule has 1 atom stereocenters. The van der Waals surface area contributed by atoms with Crippen molar-refractivity contribution in [2.45, 2.75) is 25.3 Å². The van der Waals surface area contributed by atoms with Gasteiger partial charge in [-0.2, -0.15) is 5.26 Å². The van der Waals surface area contributed by atoms with Crippen molar-refractivity contribution in [2.24, 2.45) is 0 Å². The fourth-order valence-corrected chi connectivity index (χ4v) is 2.57. The van der Waals surface area contributed by atoms with Crippen LogP contribution >= 0.6 is 0 Å². The molecule has 0 spiro atoms. The number of hydrogen-bond donors (Lipinski definition) is 0. The highest BCUT2D eigenvalue weighted by Crippen LogP contribution is 2.29. The van der Waals surface area contributed by atoms with Crippen LogP contribution in [0.1, 0.15) is 24.8 Å². The van der Waals surface area contributed by atoms with Crippen LogP contribution in [0.15, 0.2) is 18.2 Å². The smallest absolute Gasteiger partial charge is 0.328 e. The van der Waals surface area contributed by atoms with Gasteiger partial charge in [0.2, 0.25) is 0 Å². The molecule has 1 fully saturated rings. The molecular formula is C14H15N3O4. The molecule has 110 valence electrons. The summed E-state index contributed by atoms with van der Waals surface area (Å²) in [5.41, 5.74) is 0.395. The van der Waals surface area contributed by atoms with E-state index in [0.29, 0.717) is 18.7 Å². The minimum Gasteiger partial charge on any atom is -0.467 e. The Hall–Kier alpha value is -2.62. The summed E-state index contributed by atoms with van der Waals surface area (Å²) in [5, 5.41) is 19.9. The van der Waals surface area contributed by atoms with E-state index in [0.717, 1.165) is 12.8 Å². The second-order valence-corrected chi connectivity index (χ2v) is 4.80. The van der Waals surface area contributed by atoms with Crippen molar-refractivity contribution in [3.63, 3.8) is 0 Å². The third kappa shape index (κ3) is 2.94. The van der Waals surface area contributed by atoms with Gasteiger partial charge in [-0.25, -0.2) is 4.79 Å². The number of nitro benzene ring substituents is 1. The number of nitro groups is 1. The highest BCUT2D eigenvalue weighted by Gasteiger charge is 2.30. The molecular weight excluding hydrogens is 274 g/mol. The van der Waals surface area contributed by atoms with Crippen molar-refractivity contribution < 1.29 is 14.5 Å². The Morgan fingerprint density at radius 3 is 2.90 bits per heavy atom. The molecule has 0 aliphatic carbocycles. The number of rotatable bonds is 3. The second-order valence-electron chi connectivity index (χ2n) is 4.80. The Balaban J connectivity index is 2.38. The number of carbonyl (C=O) groups is 1. The molecule has 1 aromatic rings. The molecule has 0 saturated carbocycles. The van der Waals surface area contributed by atoms with Crippen molar-refractivity contribution >= 4 is 17.3 Å². The number of anilines is 1. The first-order chi connectivity index (χ1) is 10.1. The molecule has 1 unspecified atom stereocenters. The third-order valence-electron chi connectivity index (χ3n) is 3.60. The Bertz CT molecular complexity index is 609. The lowest BCUT2D eigenvalue weighted by atomic mass is 10.0. The average Bonchev–Trinajstić information content (AvgIpc) is 2.53. The van der Waals surface area contributed by atoms with Crippen LogP contribution in [0.25, 0.3) is 0 Å². The number of ether oxygens (including phenoxy) is 1. The summed E-state index contributed by atoms with van der Waals surface area (Å²) in [6.45, 7) is 0.655. The molecule has 0 amide bonds. The zero-order valence-electron chi connectivity index (χ0n) is 11.6. The maximum absolute atomic E-state index is 11.8. The lowest BCUT2D eigenvalue weighted by molar-refractivity contribution is -0.385. The standard InChI is InChI=1S/C14H15N3O4/c1-21-14(18)13-4-2-3-7-16(13)11-5-6-12(17(19)20)10(8-11)9-15/h5-6,8,13H,2-4,7H2,1H3. The van der Waals surface area contributed by atoms with E-state index >= 15 is 0 Å². The number of benzene rings is 1. The lowest BCUT2D eigenvalue weighted by Gasteiger charge is -2.35. The van der Waals surface area contributed by atoms with Gasteiger partial charge in [0.05, 0.1) is 12.0 Å². The van der Waals surface area contributed by atoms with Crippen LogP contribution in [0.4, 0.5) is 11.4 Å². The van der Waals surface area contributed by atoms with Gasteiger partial charge >= 0.3 is 5.97 Å². The first kappa shape index (κ1) is 14.8. The van der Waals surface area contributed by atoms with E-state index in [2.05, 4.69) is 0 Å². The van der Waals surface area contributed by atoms with Gasteiger partial charge in [0, 0.05) is 18.3 Å². The first-order valence-corrected chi connectivity index (χ1v) is 6.61. The SMILES string of the molecule is COC(=O)C1CCCCN1c1ccc([N+](=O)[O-])c(C#N)c1. The van der Waals surface area contributed by atoms with Crippen molar-refractivity contribution in [2.75, 3.05) is 18.6 Å². The minimum atomic E-state index is -0.587. The number of hydrogen-bond acceptors (Lipinski definition) is 6. The number of nitrogens with zero attached hydrogens (tertiary/aromatic N) is 3. The van der Waals surface area contributed by atoms with Crippen molar-refractivity contribution in [1.82, 2.24) is 0 Å². The number of methoxy groups -OCH3 is 1. The number of piperidine rings is 1. The van der Waals surface area contributed by atoms with Gasteiger partial charge in [-0.3, -0.25) is 10.1 Å². The van der Waals surface area contributed by atoms with Crippen LogP contribution in [-0.2, 0) is 9.53 Å². The second kappa shape index (κ2) is 6.22. The van der Waals surface area contributed by atoms with Gasteiger partial charge in [0.15, 0.2) is 0 Å². The molecule has 0 N–H and O–H groups in total. The van der Waals surface area contributed by atoms with E-state index < -0.39 is 11.0 Å². The van der Waals surface area contributed by atoms with Gasteiger partial charge in [-0.15, -0.1) is 0 Å². The van der Waals surface area contributed by atoms with Crippen LogP contribution in [0.5, 0.6) is 0 Å². The Labute approximate surface area is 121 Å². The highest BCUT2D eigenvalue weighted by atomic mass is 16.6.